The maximum atomic E-state index is 5.57. The van der Waals surface area contributed by atoms with Gasteiger partial charge in [0.25, 0.3) is 0 Å². The Morgan fingerprint density at radius 2 is 2.08 bits per heavy atom. The van der Waals surface area contributed by atoms with Crippen molar-refractivity contribution in [2.45, 2.75) is 53.0 Å². The number of rotatable bonds is 8. The summed E-state index contributed by atoms with van der Waals surface area (Å²) in [5.74, 6) is 2.78. The monoisotopic (exact) mass is 449 g/mol. The first-order chi connectivity index (χ1) is 11.1. The van der Waals surface area contributed by atoms with E-state index in [4.69, 9.17) is 14.1 Å². The van der Waals surface area contributed by atoms with Crippen molar-refractivity contribution < 1.29 is 9.15 Å². The second kappa shape index (κ2) is 10.3. The van der Waals surface area contributed by atoms with Gasteiger partial charge in [0.05, 0.1) is 6.54 Å². The van der Waals surface area contributed by atoms with Crippen LogP contribution in [0, 0.1) is 19.3 Å². The predicted octanol–water partition coefficient (Wildman–Crippen LogP) is 3.78. The first-order valence-corrected chi connectivity index (χ1v) is 8.65. The van der Waals surface area contributed by atoms with Gasteiger partial charge in [0.1, 0.15) is 11.5 Å². The van der Waals surface area contributed by atoms with Gasteiger partial charge in [0.15, 0.2) is 5.96 Å². The van der Waals surface area contributed by atoms with Gasteiger partial charge in [0.2, 0.25) is 0 Å². The number of hydrogen-bond donors (Lipinski definition) is 2. The Morgan fingerprint density at radius 3 is 2.58 bits per heavy atom. The lowest BCUT2D eigenvalue weighted by Crippen LogP contribution is -2.46. The van der Waals surface area contributed by atoms with Crippen molar-refractivity contribution in [1.82, 2.24) is 10.6 Å². The van der Waals surface area contributed by atoms with Crippen LogP contribution in [0.2, 0.25) is 0 Å². The summed E-state index contributed by atoms with van der Waals surface area (Å²) in [6.07, 6.45) is 5.01. The molecule has 2 N–H and O–H groups in total. The van der Waals surface area contributed by atoms with Crippen molar-refractivity contribution in [2.24, 2.45) is 10.4 Å². The molecule has 1 fully saturated rings. The molecule has 1 aliphatic carbocycles. The molecule has 24 heavy (non-hydrogen) atoms. The molecular weight excluding hydrogens is 417 g/mol. The molecule has 138 valence electrons. The molecule has 0 aromatic carbocycles. The maximum absolute atomic E-state index is 5.57. The molecule has 5 nitrogen and oxygen atoms in total. The van der Waals surface area contributed by atoms with Gasteiger partial charge in [-0.2, -0.15) is 0 Å². The molecular formula is C18H32IN3O2. The topological polar surface area (TPSA) is 58.8 Å². The summed E-state index contributed by atoms with van der Waals surface area (Å²) in [7, 11) is 1.78. The lowest BCUT2D eigenvalue weighted by molar-refractivity contribution is 0.0732. The summed E-state index contributed by atoms with van der Waals surface area (Å²) >= 11 is 0. The van der Waals surface area contributed by atoms with Crippen molar-refractivity contribution in [1.29, 1.82) is 0 Å². The van der Waals surface area contributed by atoms with Crippen LogP contribution in [0.1, 0.15) is 49.7 Å². The fraction of sp³-hybridized carbons (Fsp3) is 0.722. The number of nitrogens with one attached hydrogen (secondary N) is 2. The number of halogens is 1. The minimum absolute atomic E-state index is 0. The van der Waals surface area contributed by atoms with Crippen molar-refractivity contribution >= 4 is 29.9 Å². The van der Waals surface area contributed by atoms with Crippen LogP contribution in [0.3, 0.4) is 0 Å². The third-order valence-electron chi connectivity index (χ3n) is 4.78. The predicted molar refractivity (Wildman–Crippen MR) is 109 cm³/mol. The number of furan rings is 1. The van der Waals surface area contributed by atoms with Crippen molar-refractivity contribution in [3.05, 3.63) is 23.2 Å². The molecule has 0 radical (unpaired) electrons. The van der Waals surface area contributed by atoms with E-state index in [1.807, 2.05) is 13.8 Å². The summed E-state index contributed by atoms with van der Waals surface area (Å²) in [5, 5.41) is 6.85. The molecule has 2 rings (SSSR count). The number of ether oxygens (including phenoxy) is 1. The first-order valence-electron chi connectivity index (χ1n) is 8.65. The Hall–Kier alpha value is -0.760. The van der Waals surface area contributed by atoms with Crippen LogP contribution in [-0.2, 0) is 11.3 Å². The fourth-order valence-corrected chi connectivity index (χ4v) is 3.13. The van der Waals surface area contributed by atoms with Crippen LogP contribution in [-0.4, -0.2) is 32.8 Å². The third-order valence-corrected chi connectivity index (χ3v) is 4.78. The van der Waals surface area contributed by atoms with E-state index in [0.717, 1.165) is 49.2 Å². The SMILES string of the molecule is CCNC(=NCc1cc(C)oc1C)NCC1(CCOC)CCC1.I. The van der Waals surface area contributed by atoms with E-state index in [9.17, 15) is 0 Å². The molecule has 1 aliphatic rings. The van der Waals surface area contributed by atoms with Gasteiger partial charge in [-0.25, -0.2) is 4.99 Å². The van der Waals surface area contributed by atoms with E-state index in [-0.39, 0.29) is 24.0 Å². The summed E-state index contributed by atoms with van der Waals surface area (Å²) in [6.45, 7) is 9.36. The molecule has 1 heterocycles. The highest BCUT2D eigenvalue weighted by molar-refractivity contribution is 14.0. The van der Waals surface area contributed by atoms with Crippen LogP contribution >= 0.6 is 24.0 Å². The number of methoxy groups -OCH3 is 1. The van der Waals surface area contributed by atoms with Crippen LogP contribution in [0.15, 0.2) is 15.5 Å². The molecule has 0 saturated heterocycles. The Morgan fingerprint density at radius 1 is 1.33 bits per heavy atom. The average Bonchev–Trinajstić information content (AvgIpc) is 2.81. The van der Waals surface area contributed by atoms with E-state index >= 15 is 0 Å². The molecule has 0 amide bonds. The number of hydrogen-bond acceptors (Lipinski definition) is 3. The molecule has 1 aromatic heterocycles. The van der Waals surface area contributed by atoms with Crippen molar-refractivity contribution in [3.63, 3.8) is 0 Å². The van der Waals surface area contributed by atoms with Crippen LogP contribution < -0.4 is 10.6 Å². The van der Waals surface area contributed by atoms with E-state index in [0.29, 0.717) is 12.0 Å². The molecule has 0 unspecified atom stereocenters. The number of guanidine groups is 1. The highest BCUT2D eigenvalue weighted by atomic mass is 127. The van der Waals surface area contributed by atoms with Crippen LogP contribution in [0.25, 0.3) is 0 Å². The third kappa shape index (κ3) is 5.95. The van der Waals surface area contributed by atoms with Gasteiger partial charge in [0, 0.05) is 32.4 Å². The lowest BCUT2D eigenvalue weighted by atomic mass is 9.67. The zero-order valence-corrected chi connectivity index (χ0v) is 17.7. The Bertz CT molecular complexity index is 524. The second-order valence-electron chi connectivity index (χ2n) is 6.58. The molecule has 0 bridgehead atoms. The minimum atomic E-state index is 0. The molecule has 1 saturated carbocycles. The summed E-state index contributed by atoms with van der Waals surface area (Å²) < 4.78 is 10.8. The standard InChI is InChI=1S/C18H31N3O2.HI/c1-5-19-17(20-12-16-11-14(2)23-15(16)3)21-13-18(7-6-8-18)9-10-22-4;/h11H,5-10,12-13H2,1-4H3,(H2,19,20,21);1H. The minimum Gasteiger partial charge on any atom is -0.466 e. The van der Waals surface area contributed by atoms with E-state index in [1.165, 1.54) is 19.3 Å². The summed E-state index contributed by atoms with van der Waals surface area (Å²) in [4.78, 5) is 4.70. The van der Waals surface area contributed by atoms with E-state index < -0.39 is 0 Å². The Labute approximate surface area is 163 Å². The Kier molecular flexibility index (Phi) is 9.12. The zero-order chi connectivity index (χ0) is 16.7. The molecule has 1 aromatic rings. The Balaban J connectivity index is 0.00000288. The zero-order valence-electron chi connectivity index (χ0n) is 15.4. The molecule has 0 atom stereocenters. The fourth-order valence-electron chi connectivity index (χ4n) is 3.13. The number of aryl methyl sites for hydroxylation is 2. The highest BCUT2D eigenvalue weighted by Gasteiger charge is 2.36. The normalized spacial score (nSPS) is 16.2. The van der Waals surface area contributed by atoms with E-state index in [1.54, 1.807) is 7.11 Å². The highest BCUT2D eigenvalue weighted by Crippen LogP contribution is 2.43. The maximum Gasteiger partial charge on any atom is 0.191 e. The smallest absolute Gasteiger partial charge is 0.191 e. The van der Waals surface area contributed by atoms with E-state index in [2.05, 4.69) is 23.6 Å². The molecule has 0 spiro atoms. The van der Waals surface area contributed by atoms with Crippen LogP contribution in [0.5, 0.6) is 0 Å². The van der Waals surface area contributed by atoms with Gasteiger partial charge >= 0.3 is 0 Å². The van der Waals surface area contributed by atoms with Gasteiger partial charge in [-0.05, 0) is 51.5 Å². The quantitative estimate of drug-likeness (QED) is 0.361. The van der Waals surface area contributed by atoms with Crippen molar-refractivity contribution in [2.75, 3.05) is 26.8 Å². The van der Waals surface area contributed by atoms with Gasteiger partial charge in [-0.3, -0.25) is 0 Å². The average molecular weight is 449 g/mol. The number of nitrogens with zero attached hydrogens (tertiary/aromatic N) is 1. The number of aliphatic imine (C=N–C) groups is 1. The van der Waals surface area contributed by atoms with Crippen molar-refractivity contribution in [3.8, 4) is 0 Å². The van der Waals surface area contributed by atoms with Gasteiger partial charge in [-0.1, -0.05) is 6.42 Å². The lowest BCUT2D eigenvalue weighted by Gasteiger charge is -2.42. The largest absolute Gasteiger partial charge is 0.466 e. The molecule has 6 heteroatoms. The van der Waals surface area contributed by atoms with Gasteiger partial charge in [-0.15, -0.1) is 24.0 Å². The van der Waals surface area contributed by atoms with Crippen LogP contribution in [0.4, 0.5) is 0 Å². The summed E-state index contributed by atoms with van der Waals surface area (Å²) in [6, 6.07) is 2.06. The first kappa shape index (κ1) is 21.3. The van der Waals surface area contributed by atoms with Gasteiger partial charge < -0.3 is 19.8 Å². The second-order valence-corrected chi connectivity index (χ2v) is 6.58. The summed E-state index contributed by atoms with van der Waals surface area (Å²) in [5.41, 5.74) is 1.53. The molecule has 0 aliphatic heterocycles.